The Morgan fingerprint density at radius 1 is 0.810 bits per heavy atom. The van der Waals surface area contributed by atoms with E-state index in [1.165, 1.54) is 18.2 Å². The second kappa shape index (κ2) is 6.29. The van der Waals surface area contributed by atoms with Gasteiger partial charge in [0.05, 0.1) is 11.1 Å². The summed E-state index contributed by atoms with van der Waals surface area (Å²) < 4.78 is 1.63. The molecule has 0 spiro atoms. The number of carbonyl (C=O) groups is 2. The van der Waals surface area contributed by atoms with E-state index in [-0.39, 0.29) is 11.1 Å². The predicted molar refractivity (Wildman–Crippen MR) is 88.9 cm³/mol. The highest BCUT2D eigenvalue weighted by molar-refractivity contribution is 9.13. The molecule has 2 rings (SSSR count). The third-order valence-electron chi connectivity index (χ3n) is 2.82. The summed E-state index contributed by atoms with van der Waals surface area (Å²) in [6.45, 7) is 0. The van der Waals surface area contributed by atoms with Gasteiger partial charge < -0.3 is 10.2 Å². The molecule has 0 aliphatic heterocycles. The minimum Gasteiger partial charge on any atom is -0.478 e. The zero-order chi connectivity index (χ0) is 15.7. The smallest absolute Gasteiger partial charge is 0.336 e. The first kappa shape index (κ1) is 16.2. The van der Waals surface area contributed by atoms with Crippen molar-refractivity contribution in [2.24, 2.45) is 0 Å². The summed E-state index contributed by atoms with van der Waals surface area (Å²) in [5.41, 5.74) is 1.81. The van der Waals surface area contributed by atoms with Gasteiger partial charge in [-0.15, -0.1) is 0 Å². The molecule has 2 N–H and O–H groups in total. The van der Waals surface area contributed by atoms with Crippen molar-refractivity contribution in [1.82, 2.24) is 0 Å². The number of hydrogen-bond acceptors (Lipinski definition) is 2. The van der Waals surface area contributed by atoms with E-state index in [0.29, 0.717) is 13.4 Å². The molecule has 0 amide bonds. The molecule has 0 radical (unpaired) electrons. The monoisotopic (exact) mass is 476 g/mol. The van der Waals surface area contributed by atoms with Crippen molar-refractivity contribution in [3.63, 3.8) is 0 Å². The lowest BCUT2D eigenvalue weighted by Crippen LogP contribution is -1.99. The van der Waals surface area contributed by atoms with Crippen LogP contribution in [0.1, 0.15) is 20.7 Å². The van der Waals surface area contributed by atoms with Crippen LogP contribution in [0.5, 0.6) is 0 Å². The summed E-state index contributed by atoms with van der Waals surface area (Å²) in [6.07, 6.45) is 0. The fraction of sp³-hybridized carbons (Fsp3) is 0. The number of carboxylic acid groups (broad SMARTS) is 2. The molecule has 0 unspecified atom stereocenters. The summed E-state index contributed by atoms with van der Waals surface area (Å²) >= 11 is 9.97. The van der Waals surface area contributed by atoms with Crippen molar-refractivity contribution < 1.29 is 19.8 Å². The number of rotatable bonds is 3. The molecule has 0 heterocycles. The van der Waals surface area contributed by atoms with E-state index in [1.807, 2.05) is 0 Å². The third-order valence-corrected chi connectivity index (χ3v) is 5.65. The molecule has 2 aromatic carbocycles. The predicted octanol–water partition coefficient (Wildman–Crippen LogP) is 5.04. The van der Waals surface area contributed by atoms with E-state index < -0.39 is 11.9 Å². The van der Waals surface area contributed by atoms with Crippen molar-refractivity contribution in [2.45, 2.75) is 0 Å². The van der Waals surface area contributed by atoms with E-state index in [9.17, 15) is 9.59 Å². The number of halogens is 3. The van der Waals surface area contributed by atoms with Crippen LogP contribution in [0.4, 0.5) is 0 Å². The van der Waals surface area contributed by atoms with Gasteiger partial charge >= 0.3 is 11.9 Å². The van der Waals surface area contributed by atoms with Crippen LogP contribution in [0.15, 0.2) is 43.7 Å². The molecule has 7 heteroatoms. The third kappa shape index (κ3) is 3.20. The molecule has 0 aliphatic rings. The van der Waals surface area contributed by atoms with Gasteiger partial charge in [-0.25, -0.2) is 9.59 Å². The van der Waals surface area contributed by atoms with Crippen LogP contribution in [0.3, 0.4) is 0 Å². The maximum absolute atomic E-state index is 11.1. The topological polar surface area (TPSA) is 74.6 Å². The molecule has 0 saturated heterocycles. The quantitative estimate of drug-likeness (QED) is 0.648. The van der Waals surface area contributed by atoms with Crippen molar-refractivity contribution in [3.05, 3.63) is 54.9 Å². The molecule has 0 fully saturated rings. The van der Waals surface area contributed by atoms with Gasteiger partial charge in [-0.05, 0) is 61.2 Å². The Bertz CT molecular complexity index is 756. The van der Waals surface area contributed by atoms with E-state index in [4.69, 9.17) is 10.2 Å². The first-order valence-corrected chi connectivity index (χ1v) is 7.95. The van der Waals surface area contributed by atoms with Gasteiger partial charge in [-0.2, -0.15) is 0 Å². The molecule has 21 heavy (non-hydrogen) atoms. The Labute approximate surface area is 145 Å². The lowest BCUT2D eigenvalue weighted by molar-refractivity contribution is 0.0685. The molecule has 0 atom stereocenters. The summed E-state index contributed by atoms with van der Waals surface area (Å²) in [7, 11) is 0. The normalized spacial score (nSPS) is 10.4. The summed E-state index contributed by atoms with van der Waals surface area (Å²) in [5.74, 6) is -2.04. The molecule has 0 saturated carbocycles. The standard InChI is InChI=1S/C14H7Br3O4/c15-10-5-6(13(18)19)1-2-7(10)8-3-4-9(14(20)21)12(17)11(8)16/h1-5H,(H,18,19)(H,20,21). The minimum absolute atomic E-state index is 0.143. The van der Waals surface area contributed by atoms with Crippen molar-refractivity contribution in [1.29, 1.82) is 0 Å². The van der Waals surface area contributed by atoms with E-state index >= 15 is 0 Å². The van der Waals surface area contributed by atoms with Gasteiger partial charge in [0, 0.05) is 13.4 Å². The fourth-order valence-electron chi connectivity index (χ4n) is 1.79. The van der Waals surface area contributed by atoms with Gasteiger partial charge in [0.15, 0.2) is 0 Å². The second-order valence-electron chi connectivity index (χ2n) is 4.09. The maximum Gasteiger partial charge on any atom is 0.336 e. The number of aromatic carboxylic acids is 2. The van der Waals surface area contributed by atoms with Crippen molar-refractivity contribution in [3.8, 4) is 11.1 Å². The molecular formula is C14H7Br3O4. The van der Waals surface area contributed by atoms with Gasteiger partial charge in [-0.3, -0.25) is 0 Å². The molecule has 0 bridgehead atoms. The molecule has 0 aromatic heterocycles. The van der Waals surface area contributed by atoms with Gasteiger partial charge in [0.2, 0.25) is 0 Å². The first-order valence-electron chi connectivity index (χ1n) is 5.57. The number of carboxylic acids is 2. The molecule has 108 valence electrons. The van der Waals surface area contributed by atoms with E-state index in [0.717, 1.165) is 11.1 Å². The molecular weight excluding hydrogens is 472 g/mol. The molecule has 0 aliphatic carbocycles. The number of hydrogen-bond donors (Lipinski definition) is 2. The second-order valence-corrected chi connectivity index (χ2v) is 6.53. The summed E-state index contributed by atoms with van der Waals surface area (Å²) in [4.78, 5) is 22.0. The van der Waals surface area contributed by atoms with E-state index in [2.05, 4.69) is 47.8 Å². The van der Waals surface area contributed by atoms with Crippen molar-refractivity contribution >= 4 is 59.7 Å². The Morgan fingerprint density at radius 3 is 1.95 bits per heavy atom. The zero-order valence-electron chi connectivity index (χ0n) is 10.2. The van der Waals surface area contributed by atoms with Gasteiger partial charge in [0.1, 0.15) is 0 Å². The lowest BCUT2D eigenvalue weighted by atomic mass is 10.0. The fourth-order valence-corrected chi connectivity index (χ4v) is 3.46. The van der Waals surface area contributed by atoms with Crippen LogP contribution in [0.2, 0.25) is 0 Å². The minimum atomic E-state index is -1.03. The maximum atomic E-state index is 11.1. The number of benzene rings is 2. The highest BCUT2D eigenvalue weighted by Gasteiger charge is 2.17. The Kier molecular flexibility index (Phi) is 4.85. The largest absolute Gasteiger partial charge is 0.478 e. The molecule has 4 nitrogen and oxygen atoms in total. The van der Waals surface area contributed by atoms with Crippen LogP contribution >= 0.6 is 47.8 Å². The van der Waals surface area contributed by atoms with Gasteiger partial charge in [-0.1, -0.05) is 28.1 Å². The Hall–Kier alpha value is -1.18. The van der Waals surface area contributed by atoms with Crippen LogP contribution in [-0.2, 0) is 0 Å². The first-order chi connectivity index (χ1) is 9.82. The molecule has 2 aromatic rings. The summed E-state index contributed by atoms with van der Waals surface area (Å²) in [6, 6.07) is 7.82. The summed E-state index contributed by atoms with van der Waals surface area (Å²) in [5, 5.41) is 18.0. The van der Waals surface area contributed by atoms with Crippen LogP contribution in [0.25, 0.3) is 11.1 Å². The van der Waals surface area contributed by atoms with Crippen LogP contribution in [0, 0.1) is 0 Å². The Balaban J connectivity index is 2.60. The highest BCUT2D eigenvalue weighted by Crippen LogP contribution is 2.39. The average molecular weight is 479 g/mol. The average Bonchev–Trinajstić information content (AvgIpc) is 2.41. The van der Waals surface area contributed by atoms with Gasteiger partial charge in [0.25, 0.3) is 0 Å². The van der Waals surface area contributed by atoms with E-state index in [1.54, 1.807) is 12.1 Å². The SMILES string of the molecule is O=C(O)c1ccc(-c2ccc(C(=O)O)c(Br)c2Br)c(Br)c1. The Morgan fingerprint density at radius 2 is 1.43 bits per heavy atom. The highest BCUT2D eigenvalue weighted by atomic mass is 79.9. The lowest BCUT2D eigenvalue weighted by Gasteiger charge is -2.11. The van der Waals surface area contributed by atoms with Crippen LogP contribution < -0.4 is 0 Å². The van der Waals surface area contributed by atoms with Crippen molar-refractivity contribution in [2.75, 3.05) is 0 Å². The zero-order valence-corrected chi connectivity index (χ0v) is 15.0. The van der Waals surface area contributed by atoms with Crippen LogP contribution in [-0.4, -0.2) is 22.2 Å².